The van der Waals surface area contributed by atoms with Gasteiger partial charge in [0.1, 0.15) is 12.6 Å². The summed E-state index contributed by atoms with van der Waals surface area (Å²) in [6.07, 6.45) is 2.01. The third-order valence-electron chi connectivity index (χ3n) is 5.65. The number of carboxylic acids is 1. The zero-order chi connectivity index (χ0) is 22.9. The average molecular weight is 439 g/mol. The Morgan fingerprint density at radius 1 is 1.00 bits per heavy atom. The van der Waals surface area contributed by atoms with Crippen LogP contribution in [0.1, 0.15) is 56.1 Å². The summed E-state index contributed by atoms with van der Waals surface area (Å²) in [5, 5.41) is 14.7. The SMILES string of the molecule is CCCC(=O)NCCCC[C@H](NC(=O)OCC1c2ccccc2-c2ccccc21)C(=O)O. The molecule has 0 radical (unpaired) electrons. The number of carboxylic acid groups (broad SMARTS) is 1. The predicted octanol–water partition coefficient (Wildman–Crippen LogP) is 4.06. The van der Waals surface area contributed by atoms with Crippen LogP contribution in [-0.2, 0) is 14.3 Å². The van der Waals surface area contributed by atoms with Crippen LogP contribution in [0.3, 0.4) is 0 Å². The van der Waals surface area contributed by atoms with Crippen LogP contribution in [0.25, 0.3) is 11.1 Å². The van der Waals surface area contributed by atoms with Crippen molar-refractivity contribution in [2.45, 2.75) is 51.0 Å². The molecular formula is C25H30N2O5. The summed E-state index contributed by atoms with van der Waals surface area (Å²) < 4.78 is 5.44. The number of fused-ring (bicyclic) bond motifs is 3. The molecule has 0 saturated heterocycles. The van der Waals surface area contributed by atoms with E-state index in [0.717, 1.165) is 28.7 Å². The van der Waals surface area contributed by atoms with Crippen molar-refractivity contribution in [2.24, 2.45) is 0 Å². The van der Waals surface area contributed by atoms with Crippen molar-refractivity contribution in [1.29, 1.82) is 0 Å². The molecule has 1 atom stereocenters. The van der Waals surface area contributed by atoms with Crippen molar-refractivity contribution in [3.05, 3.63) is 59.7 Å². The molecule has 7 nitrogen and oxygen atoms in total. The minimum absolute atomic E-state index is 0.000882. The van der Waals surface area contributed by atoms with Crippen molar-refractivity contribution < 1.29 is 24.2 Å². The highest BCUT2D eigenvalue weighted by atomic mass is 16.5. The summed E-state index contributed by atoms with van der Waals surface area (Å²) >= 11 is 0. The fourth-order valence-electron chi connectivity index (χ4n) is 4.06. The zero-order valence-electron chi connectivity index (χ0n) is 18.3. The summed E-state index contributed by atoms with van der Waals surface area (Å²) in [6, 6.07) is 15.0. The number of hydrogen-bond acceptors (Lipinski definition) is 4. The first-order valence-electron chi connectivity index (χ1n) is 11.1. The molecular weight excluding hydrogens is 408 g/mol. The summed E-state index contributed by atoms with van der Waals surface area (Å²) in [7, 11) is 0. The lowest BCUT2D eigenvalue weighted by Gasteiger charge is -2.17. The standard InChI is InChI=1S/C25H30N2O5/c1-2-9-23(28)26-15-8-7-14-22(24(29)30)27-25(31)32-16-21-19-12-5-3-10-17(19)18-11-4-6-13-20(18)21/h3-6,10-13,21-22H,2,7-9,14-16H2,1H3,(H,26,28)(H,27,31)(H,29,30)/t22-/m0/s1. The van der Waals surface area contributed by atoms with E-state index in [-0.39, 0.29) is 24.9 Å². The number of aliphatic carboxylic acids is 1. The molecule has 0 aromatic heterocycles. The van der Waals surface area contributed by atoms with Crippen LogP contribution in [0.4, 0.5) is 4.79 Å². The number of ether oxygens (including phenoxy) is 1. The zero-order valence-corrected chi connectivity index (χ0v) is 18.3. The van der Waals surface area contributed by atoms with Gasteiger partial charge in [0.2, 0.25) is 5.91 Å². The third kappa shape index (κ3) is 5.87. The van der Waals surface area contributed by atoms with Gasteiger partial charge in [-0.2, -0.15) is 0 Å². The lowest BCUT2D eigenvalue weighted by atomic mass is 9.98. The minimum atomic E-state index is -1.10. The number of rotatable bonds is 11. The molecule has 0 spiro atoms. The van der Waals surface area contributed by atoms with E-state index in [9.17, 15) is 19.5 Å². The van der Waals surface area contributed by atoms with Crippen molar-refractivity contribution in [1.82, 2.24) is 10.6 Å². The van der Waals surface area contributed by atoms with Crippen molar-refractivity contribution in [3.8, 4) is 11.1 Å². The average Bonchev–Trinajstić information content (AvgIpc) is 3.10. The number of nitrogens with one attached hydrogen (secondary N) is 2. The first-order chi connectivity index (χ1) is 15.5. The van der Waals surface area contributed by atoms with Crippen LogP contribution in [0.15, 0.2) is 48.5 Å². The second kappa shape index (κ2) is 11.3. The van der Waals surface area contributed by atoms with E-state index in [4.69, 9.17) is 4.74 Å². The molecule has 3 rings (SSSR count). The fraction of sp³-hybridized carbons (Fsp3) is 0.400. The minimum Gasteiger partial charge on any atom is -0.480 e. The highest BCUT2D eigenvalue weighted by Crippen LogP contribution is 2.44. The van der Waals surface area contributed by atoms with Gasteiger partial charge in [-0.25, -0.2) is 9.59 Å². The second-order valence-electron chi connectivity index (χ2n) is 7.96. The smallest absolute Gasteiger partial charge is 0.407 e. The lowest BCUT2D eigenvalue weighted by molar-refractivity contribution is -0.139. The monoisotopic (exact) mass is 438 g/mol. The van der Waals surface area contributed by atoms with Crippen LogP contribution < -0.4 is 10.6 Å². The summed E-state index contributed by atoms with van der Waals surface area (Å²) in [6.45, 7) is 2.57. The Morgan fingerprint density at radius 2 is 1.62 bits per heavy atom. The van der Waals surface area contributed by atoms with E-state index < -0.39 is 18.1 Å². The molecule has 2 aromatic rings. The number of hydrogen-bond donors (Lipinski definition) is 3. The third-order valence-corrected chi connectivity index (χ3v) is 5.65. The molecule has 0 fully saturated rings. The van der Waals surface area contributed by atoms with Gasteiger partial charge in [-0.3, -0.25) is 4.79 Å². The van der Waals surface area contributed by atoms with Gasteiger partial charge in [0.05, 0.1) is 0 Å². The van der Waals surface area contributed by atoms with Gasteiger partial charge in [0.15, 0.2) is 0 Å². The number of alkyl carbamates (subject to hydrolysis) is 1. The Hall–Kier alpha value is -3.35. The van der Waals surface area contributed by atoms with Gasteiger partial charge in [0.25, 0.3) is 0 Å². The molecule has 7 heteroatoms. The number of unbranched alkanes of at least 4 members (excludes halogenated alkanes) is 1. The molecule has 2 aromatic carbocycles. The fourth-order valence-corrected chi connectivity index (χ4v) is 4.06. The normalized spacial score (nSPS) is 13.0. The first-order valence-corrected chi connectivity index (χ1v) is 11.1. The van der Waals surface area contributed by atoms with Gasteiger partial charge in [0, 0.05) is 18.9 Å². The molecule has 0 aliphatic heterocycles. The largest absolute Gasteiger partial charge is 0.480 e. The molecule has 0 heterocycles. The summed E-state index contributed by atoms with van der Waals surface area (Å²) in [4.78, 5) is 35.3. The van der Waals surface area contributed by atoms with E-state index >= 15 is 0 Å². The molecule has 3 N–H and O–H groups in total. The van der Waals surface area contributed by atoms with Crippen LogP contribution in [-0.4, -0.2) is 42.3 Å². The molecule has 1 aliphatic carbocycles. The summed E-state index contributed by atoms with van der Waals surface area (Å²) in [5.41, 5.74) is 4.46. The highest BCUT2D eigenvalue weighted by Gasteiger charge is 2.29. The van der Waals surface area contributed by atoms with Crippen molar-refractivity contribution in [2.75, 3.05) is 13.2 Å². The Kier molecular flexibility index (Phi) is 8.25. The van der Waals surface area contributed by atoms with Crippen molar-refractivity contribution in [3.63, 3.8) is 0 Å². The number of benzene rings is 2. The molecule has 170 valence electrons. The van der Waals surface area contributed by atoms with Gasteiger partial charge < -0.3 is 20.5 Å². The van der Waals surface area contributed by atoms with Crippen LogP contribution in [0, 0.1) is 0 Å². The summed E-state index contributed by atoms with van der Waals surface area (Å²) in [5.74, 6) is -1.18. The maximum atomic E-state index is 12.3. The van der Waals surface area contributed by atoms with Gasteiger partial charge in [-0.15, -0.1) is 0 Å². The Balaban J connectivity index is 1.49. The quantitative estimate of drug-likeness (QED) is 0.459. The maximum absolute atomic E-state index is 12.3. The number of carbonyl (C=O) groups excluding carboxylic acids is 2. The first kappa shape index (κ1) is 23.3. The van der Waals surface area contributed by atoms with Crippen LogP contribution >= 0.6 is 0 Å². The maximum Gasteiger partial charge on any atom is 0.407 e. The molecule has 1 aliphatic rings. The van der Waals surface area contributed by atoms with Crippen molar-refractivity contribution >= 4 is 18.0 Å². The lowest BCUT2D eigenvalue weighted by Crippen LogP contribution is -2.41. The molecule has 0 saturated carbocycles. The van der Waals surface area contributed by atoms with E-state index in [1.165, 1.54) is 0 Å². The highest BCUT2D eigenvalue weighted by molar-refractivity contribution is 5.81. The Morgan fingerprint density at radius 3 is 2.22 bits per heavy atom. The molecule has 0 unspecified atom stereocenters. The second-order valence-corrected chi connectivity index (χ2v) is 7.96. The predicted molar refractivity (Wildman–Crippen MR) is 121 cm³/mol. The Bertz CT molecular complexity index is 913. The van der Waals surface area contributed by atoms with Crippen LogP contribution in [0.2, 0.25) is 0 Å². The van der Waals surface area contributed by atoms with Gasteiger partial charge in [-0.05, 0) is 47.9 Å². The molecule has 2 amide bonds. The van der Waals surface area contributed by atoms with E-state index in [1.54, 1.807) is 0 Å². The topological polar surface area (TPSA) is 105 Å². The Labute approximate surface area is 188 Å². The van der Waals surface area contributed by atoms with E-state index in [2.05, 4.69) is 22.8 Å². The number of amides is 2. The van der Waals surface area contributed by atoms with Gasteiger partial charge >= 0.3 is 12.1 Å². The van der Waals surface area contributed by atoms with Gasteiger partial charge in [-0.1, -0.05) is 55.5 Å². The number of carbonyl (C=O) groups is 3. The van der Waals surface area contributed by atoms with E-state index in [1.807, 2.05) is 43.3 Å². The molecule has 32 heavy (non-hydrogen) atoms. The molecule has 0 bridgehead atoms. The van der Waals surface area contributed by atoms with Crippen LogP contribution in [0.5, 0.6) is 0 Å². The van der Waals surface area contributed by atoms with E-state index in [0.29, 0.717) is 25.8 Å².